The summed E-state index contributed by atoms with van der Waals surface area (Å²) in [5, 5.41) is 4.02. The van der Waals surface area contributed by atoms with Crippen LogP contribution in [0, 0.1) is 62.6 Å². The predicted octanol–water partition coefficient (Wildman–Crippen LogP) is 8.65. The van der Waals surface area contributed by atoms with Crippen molar-refractivity contribution in [1.82, 2.24) is 5.32 Å². The van der Waals surface area contributed by atoms with E-state index in [4.69, 9.17) is 9.47 Å². The SMILES string of the molecule is C=C(CBr)[C@@H]1CC[C@]2(C(=O)N[C@@H](CC(C)C)C(=O)OC)CC[C@]3(C)[C@H](CCC4[C@@]5(C)CC[C@H](OC(C)=O)C(C)(C)[C@@H]5CC[C@]43C)[C@@H]12. The van der Waals surface area contributed by atoms with Crippen LogP contribution in [0.25, 0.3) is 0 Å². The summed E-state index contributed by atoms with van der Waals surface area (Å²) in [5.41, 5.74) is 1.11. The monoisotopic (exact) mass is 703 g/mol. The summed E-state index contributed by atoms with van der Waals surface area (Å²) in [6, 6.07) is -0.617. The molecule has 0 radical (unpaired) electrons. The number of carbonyl (C=O) groups is 3. The van der Waals surface area contributed by atoms with Crippen LogP contribution in [0.3, 0.4) is 0 Å². The molecule has 5 aliphatic rings. The van der Waals surface area contributed by atoms with Gasteiger partial charge in [-0.05, 0) is 122 Å². The predicted molar refractivity (Wildman–Crippen MR) is 186 cm³/mol. The minimum atomic E-state index is -0.617. The summed E-state index contributed by atoms with van der Waals surface area (Å²) < 4.78 is 11.1. The molecule has 5 fully saturated rings. The van der Waals surface area contributed by atoms with Crippen molar-refractivity contribution in [3.05, 3.63) is 12.2 Å². The Morgan fingerprint density at radius 3 is 2.20 bits per heavy atom. The molecule has 11 atom stereocenters. The summed E-state index contributed by atoms with van der Waals surface area (Å²) in [6.45, 7) is 22.7. The maximum Gasteiger partial charge on any atom is 0.328 e. The molecule has 46 heavy (non-hydrogen) atoms. The van der Waals surface area contributed by atoms with E-state index < -0.39 is 11.5 Å². The van der Waals surface area contributed by atoms with Gasteiger partial charge in [0.15, 0.2) is 0 Å². The number of hydrogen-bond acceptors (Lipinski definition) is 5. The molecule has 7 heteroatoms. The number of esters is 2. The van der Waals surface area contributed by atoms with Crippen LogP contribution in [0.15, 0.2) is 12.2 Å². The lowest BCUT2D eigenvalue weighted by atomic mass is 9.32. The average molecular weight is 705 g/mol. The fraction of sp³-hybridized carbons (Fsp3) is 0.872. The molecule has 5 saturated carbocycles. The molecule has 0 aromatic rings. The van der Waals surface area contributed by atoms with Crippen LogP contribution in [0.1, 0.15) is 126 Å². The normalized spacial score (nSPS) is 43.3. The molecule has 0 aliphatic heterocycles. The Morgan fingerprint density at radius 2 is 1.59 bits per heavy atom. The maximum absolute atomic E-state index is 14.6. The number of alkyl halides is 1. The Kier molecular flexibility index (Phi) is 9.77. The van der Waals surface area contributed by atoms with Gasteiger partial charge in [-0.2, -0.15) is 0 Å². The van der Waals surface area contributed by atoms with Gasteiger partial charge in [-0.25, -0.2) is 4.79 Å². The first kappa shape index (κ1) is 35.9. The second-order valence-electron chi connectivity index (χ2n) is 17.9. The lowest BCUT2D eigenvalue weighted by molar-refractivity contribution is -0.248. The Balaban J connectivity index is 1.50. The van der Waals surface area contributed by atoms with Gasteiger partial charge >= 0.3 is 11.9 Å². The van der Waals surface area contributed by atoms with Crippen LogP contribution in [-0.4, -0.2) is 42.4 Å². The molecule has 260 valence electrons. The van der Waals surface area contributed by atoms with Crippen molar-refractivity contribution in [3.63, 3.8) is 0 Å². The molecule has 1 unspecified atom stereocenters. The van der Waals surface area contributed by atoms with Gasteiger partial charge < -0.3 is 14.8 Å². The van der Waals surface area contributed by atoms with E-state index >= 15 is 0 Å². The van der Waals surface area contributed by atoms with E-state index in [1.165, 1.54) is 25.5 Å². The van der Waals surface area contributed by atoms with Gasteiger partial charge in [-0.15, -0.1) is 0 Å². The zero-order chi connectivity index (χ0) is 34.0. The van der Waals surface area contributed by atoms with Crippen molar-refractivity contribution in [2.24, 2.45) is 62.6 Å². The van der Waals surface area contributed by atoms with E-state index in [9.17, 15) is 14.4 Å². The Hall–Kier alpha value is -1.37. The fourth-order valence-corrected chi connectivity index (χ4v) is 13.5. The Morgan fingerprint density at radius 1 is 0.891 bits per heavy atom. The van der Waals surface area contributed by atoms with Crippen LogP contribution in [0.5, 0.6) is 0 Å². The molecule has 5 rings (SSSR count). The summed E-state index contributed by atoms with van der Waals surface area (Å²) in [5.74, 6) is 1.84. The molecule has 6 nitrogen and oxygen atoms in total. The molecule has 0 heterocycles. The molecule has 0 bridgehead atoms. The topological polar surface area (TPSA) is 81.7 Å². The van der Waals surface area contributed by atoms with Crippen molar-refractivity contribution in [2.75, 3.05) is 12.4 Å². The smallest absolute Gasteiger partial charge is 0.328 e. The molecule has 0 aromatic heterocycles. The largest absolute Gasteiger partial charge is 0.467 e. The van der Waals surface area contributed by atoms with Crippen LogP contribution in [-0.2, 0) is 23.9 Å². The van der Waals surface area contributed by atoms with E-state index in [2.05, 4.69) is 76.3 Å². The van der Waals surface area contributed by atoms with Crippen LogP contribution >= 0.6 is 15.9 Å². The average Bonchev–Trinajstić information content (AvgIpc) is 3.38. The van der Waals surface area contributed by atoms with Crippen molar-refractivity contribution >= 4 is 33.8 Å². The third kappa shape index (κ3) is 5.34. The third-order valence-electron chi connectivity index (χ3n) is 15.3. The minimum absolute atomic E-state index is 0.0211. The van der Waals surface area contributed by atoms with Gasteiger partial charge in [-0.1, -0.05) is 76.5 Å². The van der Waals surface area contributed by atoms with Crippen molar-refractivity contribution in [3.8, 4) is 0 Å². The first-order valence-electron chi connectivity index (χ1n) is 18.2. The highest BCUT2D eigenvalue weighted by Crippen LogP contribution is 2.77. The van der Waals surface area contributed by atoms with E-state index in [0.717, 1.165) is 56.7 Å². The van der Waals surface area contributed by atoms with Crippen LogP contribution in [0.2, 0.25) is 0 Å². The molecular formula is C39H62BrNO5. The number of halogens is 1. The first-order valence-corrected chi connectivity index (χ1v) is 19.3. The van der Waals surface area contributed by atoms with Gasteiger partial charge in [-0.3, -0.25) is 9.59 Å². The van der Waals surface area contributed by atoms with Gasteiger partial charge in [0.25, 0.3) is 0 Å². The number of ether oxygens (including phenoxy) is 2. The quantitative estimate of drug-likeness (QED) is 0.155. The minimum Gasteiger partial charge on any atom is -0.467 e. The number of hydrogen-bond donors (Lipinski definition) is 1. The maximum atomic E-state index is 14.6. The number of methoxy groups -OCH3 is 1. The number of amides is 1. The van der Waals surface area contributed by atoms with E-state index in [-0.39, 0.29) is 57.4 Å². The number of fused-ring (bicyclic) bond motifs is 7. The number of nitrogens with one attached hydrogen (secondary N) is 1. The third-order valence-corrected chi connectivity index (χ3v) is 16.0. The van der Waals surface area contributed by atoms with Crippen LogP contribution < -0.4 is 5.32 Å². The summed E-state index contributed by atoms with van der Waals surface area (Å²) >= 11 is 3.74. The molecular weight excluding hydrogens is 642 g/mol. The standard InChI is InChI=1S/C39H62BrNO5/c1-23(2)21-28(33(43)45-10)41-34(44)39-18-13-26(24(3)22-40)32(39)27-11-12-30-36(7)16-15-31(46-25(4)42)35(5,6)29(36)14-17-38(30,9)37(27,8)19-20-39/h23,26-32H,3,11-22H2,1-2,4-10H3,(H,41,44)/t26-,27+,28-,29-,30?,31-,32+,36-,37+,38+,39-/m0/s1. The molecule has 0 aromatic carbocycles. The van der Waals surface area contributed by atoms with Gasteiger partial charge in [0.05, 0.1) is 12.5 Å². The van der Waals surface area contributed by atoms with Gasteiger partial charge in [0, 0.05) is 17.7 Å². The molecule has 0 spiro atoms. The molecule has 5 aliphatic carbocycles. The molecule has 1 N–H and O–H groups in total. The van der Waals surface area contributed by atoms with Crippen molar-refractivity contribution in [1.29, 1.82) is 0 Å². The fourth-order valence-electron chi connectivity index (χ4n) is 13.1. The molecule has 0 saturated heterocycles. The highest BCUT2D eigenvalue weighted by molar-refractivity contribution is 9.09. The van der Waals surface area contributed by atoms with Gasteiger partial charge in [0.1, 0.15) is 12.1 Å². The molecule has 1 amide bonds. The second kappa shape index (κ2) is 12.5. The van der Waals surface area contributed by atoms with Crippen molar-refractivity contribution in [2.45, 2.75) is 138 Å². The Bertz CT molecular complexity index is 1230. The van der Waals surface area contributed by atoms with Gasteiger partial charge in [0.2, 0.25) is 5.91 Å². The number of rotatable bonds is 8. The number of carbonyl (C=O) groups excluding carboxylic acids is 3. The second-order valence-corrected chi connectivity index (χ2v) is 18.5. The summed E-state index contributed by atoms with van der Waals surface area (Å²) in [7, 11) is 1.42. The summed E-state index contributed by atoms with van der Waals surface area (Å²) in [6.07, 6.45) is 11.0. The summed E-state index contributed by atoms with van der Waals surface area (Å²) in [4.78, 5) is 39.5. The highest BCUT2D eigenvalue weighted by atomic mass is 79.9. The van der Waals surface area contributed by atoms with E-state index in [1.54, 1.807) is 6.92 Å². The zero-order valence-electron chi connectivity index (χ0n) is 30.2. The lowest BCUT2D eigenvalue weighted by Gasteiger charge is -2.72. The van der Waals surface area contributed by atoms with Crippen LogP contribution in [0.4, 0.5) is 0 Å². The lowest BCUT2D eigenvalue weighted by Crippen LogP contribution is -2.67. The van der Waals surface area contributed by atoms with E-state index in [1.807, 2.05) is 0 Å². The first-order chi connectivity index (χ1) is 21.4. The van der Waals surface area contributed by atoms with Crippen molar-refractivity contribution < 1.29 is 23.9 Å². The van der Waals surface area contributed by atoms with E-state index in [0.29, 0.717) is 30.1 Å². The zero-order valence-corrected chi connectivity index (χ0v) is 31.8. The Labute approximate surface area is 287 Å². The number of allylic oxidation sites excluding steroid dienone is 1. The highest BCUT2D eigenvalue weighted by Gasteiger charge is 2.72.